The normalized spacial score (nSPS) is 17.1. The Morgan fingerprint density at radius 1 is 1.00 bits per heavy atom. The first-order valence-electron chi connectivity index (χ1n) is 14.2. The second-order valence-electron chi connectivity index (χ2n) is 10.1. The SMILES string of the molecule is C=CC(=O)OCCCCCCOc1ccc(C(=O)Oc2ccc(C3CCC(CCC)CC3)cc2/C=N/N)cc1. The Morgan fingerprint density at radius 3 is 2.38 bits per heavy atom. The maximum Gasteiger partial charge on any atom is 0.343 e. The third-order valence-electron chi connectivity index (χ3n) is 7.27. The zero-order chi connectivity index (χ0) is 27.9. The van der Waals surface area contributed by atoms with Crippen molar-refractivity contribution in [1.82, 2.24) is 0 Å². The fourth-order valence-corrected chi connectivity index (χ4v) is 5.11. The smallest absolute Gasteiger partial charge is 0.343 e. The summed E-state index contributed by atoms with van der Waals surface area (Å²) in [5.41, 5.74) is 2.39. The monoisotopic (exact) mass is 534 g/mol. The fourth-order valence-electron chi connectivity index (χ4n) is 5.11. The van der Waals surface area contributed by atoms with E-state index in [1.54, 1.807) is 30.5 Å². The van der Waals surface area contributed by atoms with E-state index in [0.717, 1.165) is 31.6 Å². The predicted octanol–water partition coefficient (Wildman–Crippen LogP) is 6.94. The van der Waals surface area contributed by atoms with Crippen molar-refractivity contribution in [3.8, 4) is 11.5 Å². The second-order valence-corrected chi connectivity index (χ2v) is 10.1. The summed E-state index contributed by atoms with van der Waals surface area (Å²) in [7, 11) is 0. The van der Waals surface area contributed by atoms with E-state index >= 15 is 0 Å². The largest absolute Gasteiger partial charge is 0.494 e. The molecular weight excluding hydrogens is 492 g/mol. The number of nitrogens with two attached hydrogens (primary N) is 1. The molecule has 2 aromatic carbocycles. The molecule has 2 aromatic rings. The lowest BCUT2D eigenvalue weighted by Crippen LogP contribution is -2.14. The number of rotatable bonds is 15. The summed E-state index contributed by atoms with van der Waals surface area (Å²) in [6.07, 6.45) is 13.8. The number of carbonyl (C=O) groups excluding carboxylic acids is 2. The van der Waals surface area contributed by atoms with Gasteiger partial charge in [0.1, 0.15) is 11.5 Å². The Labute approximate surface area is 232 Å². The van der Waals surface area contributed by atoms with E-state index in [2.05, 4.69) is 30.7 Å². The van der Waals surface area contributed by atoms with Gasteiger partial charge < -0.3 is 20.1 Å². The molecule has 1 aliphatic rings. The van der Waals surface area contributed by atoms with Crippen LogP contribution in [0.2, 0.25) is 0 Å². The third-order valence-corrected chi connectivity index (χ3v) is 7.27. The number of unbranched alkanes of at least 4 members (excludes halogenated alkanes) is 3. The van der Waals surface area contributed by atoms with E-state index in [0.29, 0.717) is 41.8 Å². The molecule has 0 bridgehead atoms. The van der Waals surface area contributed by atoms with Gasteiger partial charge in [0.2, 0.25) is 0 Å². The highest BCUT2D eigenvalue weighted by Crippen LogP contribution is 2.38. The lowest BCUT2D eigenvalue weighted by atomic mass is 9.77. The molecule has 210 valence electrons. The molecule has 0 radical (unpaired) electrons. The molecule has 0 heterocycles. The summed E-state index contributed by atoms with van der Waals surface area (Å²) in [6.45, 7) is 6.61. The predicted molar refractivity (Wildman–Crippen MR) is 154 cm³/mol. The van der Waals surface area contributed by atoms with Crippen LogP contribution in [0.5, 0.6) is 11.5 Å². The molecule has 0 atom stereocenters. The van der Waals surface area contributed by atoms with Gasteiger partial charge in [-0.05, 0) is 105 Å². The summed E-state index contributed by atoms with van der Waals surface area (Å²) in [5, 5.41) is 3.69. The Hall–Kier alpha value is -3.61. The minimum Gasteiger partial charge on any atom is -0.494 e. The number of ether oxygens (including phenoxy) is 3. The second kappa shape index (κ2) is 16.4. The molecule has 7 heteroatoms. The Kier molecular flexibility index (Phi) is 12.6. The van der Waals surface area contributed by atoms with Crippen molar-refractivity contribution in [3.05, 3.63) is 71.8 Å². The van der Waals surface area contributed by atoms with Crippen LogP contribution in [-0.2, 0) is 9.53 Å². The van der Waals surface area contributed by atoms with Gasteiger partial charge >= 0.3 is 11.9 Å². The van der Waals surface area contributed by atoms with E-state index in [9.17, 15) is 9.59 Å². The minimum absolute atomic E-state index is 0.386. The van der Waals surface area contributed by atoms with E-state index in [-0.39, 0.29) is 5.97 Å². The topological polar surface area (TPSA) is 100 Å². The summed E-state index contributed by atoms with van der Waals surface area (Å²) in [5.74, 6) is 7.13. The number of benzene rings is 2. The minimum atomic E-state index is -0.446. The molecule has 2 N–H and O–H groups in total. The molecule has 39 heavy (non-hydrogen) atoms. The number of nitrogens with zero attached hydrogens (tertiary/aromatic N) is 1. The molecule has 7 nitrogen and oxygen atoms in total. The van der Waals surface area contributed by atoms with Crippen LogP contribution >= 0.6 is 0 Å². The molecule has 1 aliphatic carbocycles. The van der Waals surface area contributed by atoms with Crippen molar-refractivity contribution in [2.75, 3.05) is 13.2 Å². The molecular formula is C32H42N2O5. The first kappa shape index (κ1) is 29.9. The number of carbonyl (C=O) groups is 2. The molecule has 3 rings (SSSR count). The van der Waals surface area contributed by atoms with Crippen LogP contribution < -0.4 is 15.3 Å². The zero-order valence-electron chi connectivity index (χ0n) is 23.1. The van der Waals surface area contributed by atoms with Gasteiger partial charge in [0.15, 0.2) is 0 Å². The van der Waals surface area contributed by atoms with Gasteiger partial charge in [-0.25, -0.2) is 9.59 Å². The summed E-state index contributed by atoms with van der Waals surface area (Å²) < 4.78 is 16.5. The van der Waals surface area contributed by atoms with Gasteiger partial charge in [-0.1, -0.05) is 32.4 Å². The quantitative estimate of drug-likeness (QED) is 0.0505. The van der Waals surface area contributed by atoms with Crippen LogP contribution in [0.3, 0.4) is 0 Å². The van der Waals surface area contributed by atoms with Crippen LogP contribution in [0.25, 0.3) is 0 Å². The molecule has 0 amide bonds. The van der Waals surface area contributed by atoms with Gasteiger partial charge in [-0.15, -0.1) is 0 Å². The molecule has 0 saturated heterocycles. The molecule has 0 aliphatic heterocycles. The molecule has 0 spiro atoms. The highest BCUT2D eigenvalue weighted by molar-refractivity contribution is 5.93. The standard InChI is InChI=1S/C32H42N2O5/c1-3-9-24-10-12-25(13-11-24)27-16-19-30(28(22-27)23-34-33)39-32(36)26-14-17-29(18-15-26)37-20-7-5-6-8-21-38-31(35)4-2/h4,14-19,22-25H,2-3,5-13,20-21,33H2,1H3/b34-23+. The average molecular weight is 535 g/mol. The Bertz CT molecular complexity index is 1090. The van der Waals surface area contributed by atoms with Crippen molar-refractivity contribution in [2.45, 2.75) is 77.0 Å². The Morgan fingerprint density at radius 2 is 1.72 bits per heavy atom. The molecule has 1 saturated carbocycles. The zero-order valence-corrected chi connectivity index (χ0v) is 23.1. The lowest BCUT2D eigenvalue weighted by Gasteiger charge is -2.29. The van der Waals surface area contributed by atoms with Gasteiger partial charge in [0, 0.05) is 11.6 Å². The van der Waals surface area contributed by atoms with Gasteiger partial charge in [-0.2, -0.15) is 5.10 Å². The fraction of sp³-hybridized carbons (Fsp3) is 0.469. The van der Waals surface area contributed by atoms with Crippen LogP contribution in [0, 0.1) is 5.92 Å². The van der Waals surface area contributed by atoms with Crippen LogP contribution in [0.4, 0.5) is 0 Å². The number of hydrazone groups is 1. The van der Waals surface area contributed by atoms with Crippen molar-refractivity contribution in [3.63, 3.8) is 0 Å². The maximum absolute atomic E-state index is 12.8. The van der Waals surface area contributed by atoms with Gasteiger partial charge in [0.25, 0.3) is 0 Å². The molecule has 1 fully saturated rings. The summed E-state index contributed by atoms with van der Waals surface area (Å²) >= 11 is 0. The summed E-state index contributed by atoms with van der Waals surface area (Å²) in [4.78, 5) is 23.8. The highest BCUT2D eigenvalue weighted by Gasteiger charge is 2.23. The van der Waals surface area contributed by atoms with E-state index in [1.165, 1.54) is 50.2 Å². The Balaban J connectivity index is 1.47. The molecule has 0 aromatic heterocycles. The average Bonchev–Trinajstić information content (AvgIpc) is 2.96. The molecule has 0 unspecified atom stereocenters. The van der Waals surface area contributed by atoms with Crippen LogP contribution in [-0.4, -0.2) is 31.4 Å². The van der Waals surface area contributed by atoms with Gasteiger partial charge in [0.05, 0.1) is 25.0 Å². The van der Waals surface area contributed by atoms with Crippen molar-refractivity contribution >= 4 is 18.2 Å². The van der Waals surface area contributed by atoms with Crippen molar-refractivity contribution in [2.24, 2.45) is 16.9 Å². The van der Waals surface area contributed by atoms with Gasteiger partial charge in [-0.3, -0.25) is 0 Å². The van der Waals surface area contributed by atoms with Crippen LogP contribution in [0.15, 0.2) is 60.2 Å². The maximum atomic E-state index is 12.8. The van der Waals surface area contributed by atoms with E-state index in [4.69, 9.17) is 20.1 Å². The number of hydrogen-bond acceptors (Lipinski definition) is 7. The van der Waals surface area contributed by atoms with Crippen molar-refractivity contribution < 1.29 is 23.8 Å². The first-order valence-corrected chi connectivity index (χ1v) is 14.2. The number of esters is 2. The lowest BCUT2D eigenvalue weighted by molar-refractivity contribution is -0.137. The summed E-state index contributed by atoms with van der Waals surface area (Å²) in [6, 6.07) is 12.9. The highest BCUT2D eigenvalue weighted by atomic mass is 16.5. The number of hydrogen-bond donors (Lipinski definition) is 1. The first-order chi connectivity index (χ1) is 19.0. The third kappa shape index (κ3) is 9.89. The van der Waals surface area contributed by atoms with Crippen molar-refractivity contribution in [1.29, 1.82) is 0 Å². The van der Waals surface area contributed by atoms with Crippen LogP contribution in [0.1, 0.15) is 98.5 Å². The van der Waals surface area contributed by atoms with E-state index in [1.807, 2.05) is 6.07 Å². The van der Waals surface area contributed by atoms with E-state index < -0.39 is 5.97 Å².